The zero-order valence-corrected chi connectivity index (χ0v) is 14.8. The van der Waals surface area contributed by atoms with Crippen LogP contribution in [0.15, 0.2) is 69.4 Å². The van der Waals surface area contributed by atoms with E-state index in [2.05, 4.69) is 59.7 Å². The van der Waals surface area contributed by atoms with Crippen LogP contribution in [0.5, 0.6) is 0 Å². The van der Waals surface area contributed by atoms with E-state index in [0.717, 1.165) is 50.1 Å². The fourth-order valence-corrected chi connectivity index (χ4v) is 3.80. The molecule has 3 aliphatic carbocycles. The standard InChI is InChI=1S/C20H26N2S/c1-21-14-22-19-12-11-16(17-9-5-6-10-20(17)23)13-18(19)15-7-3-2-4-8-15/h2-3,6-7,10,13,21-23H,4-5,8-9,11-12,14H2,1H3. The van der Waals surface area contributed by atoms with Crippen molar-refractivity contribution in [1.29, 1.82) is 0 Å². The first-order chi connectivity index (χ1) is 11.3. The van der Waals surface area contributed by atoms with Gasteiger partial charge in [-0.1, -0.05) is 30.4 Å². The Hall–Kier alpha value is -1.45. The topological polar surface area (TPSA) is 24.1 Å². The molecular formula is C20H26N2S. The molecule has 0 heterocycles. The van der Waals surface area contributed by atoms with Crippen LogP contribution in [-0.2, 0) is 0 Å². The molecule has 0 aromatic rings. The van der Waals surface area contributed by atoms with Crippen molar-refractivity contribution in [3.05, 3.63) is 69.4 Å². The van der Waals surface area contributed by atoms with E-state index in [1.165, 1.54) is 28.0 Å². The molecular weight excluding hydrogens is 300 g/mol. The van der Waals surface area contributed by atoms with Gasteiger partial charge in [0.25, 0.3) is 0 Å². The highest BCUT2D eigenvalue weighted by Gasteiger charge is 2.20. The van der Waals surface area contributed by atoms with E-state index in [1.807, 2.05) is 7.05 Å². The first-order valence-corrected chi connectivity index (χ1v) is 9.01. The quantitative estimate of drug-likeness (QED) is 0.510. The maximum atomic E-state index is 4.69. The number of nitrogens with one attached hydrogen (secondary N) is 2. The molecule has 0 unspecified atom stereocenters. The molecule has 0 aromatic heterocycles. The molecule has 0 aliphatic heterocycles. The molecule has 0 aromatic carbocycles. The van der Waals surface area contributed by atoms with Gasteiger partial charge in [-0.05, 0) is 73.9 Å². The molecule has 3 heteroatoms. The van der Waals surface area contributed by atoms with Crippen LogP contribution >= 0.6 is 12.6 Å². The molecule has 23 heavy (non-hydrogen) atoms. The van der Waals surface area contributed by atoms with Crippen molar-refractivity contribution in [3.63, 3.8) is 0 Å². The van der Waals surface area contributed by atoms with Crippen molar-refractivity contribution in [2.75, 3.05) is 13.7 Å². The van der Waals surface area contributed by atoms with Gasteiger partial charge in [-0.15, -0.1) is 12.6 Å². The second-order valence-electron chi connectivity index (χ2n) is 6.23. The number of hydrogen-bond donors (Lipinski definition) is 3. The van der Waals surface area contributed by atoms with Gasteiger partial charge in [-0.25, -0.2) is 0 Å². The maximum absolute atomic E-state index is 4.69. The van der Waals surface area contributed by atoms with Gasteiger partial charge < -0.3 is 10.6 Å². The molecule has 0 spiro atoms. The molecule has 3 rings (SSSR count). The number of thiol groups is 1. The summed E-state index contributed by atoms with van der Waals surface area (Å²) in [5.41, 5.74) is 7.13. The average Bonchev–Trinajstić information content (AvgIpc) is 2.61. The Morgan fingerprint density at radius 1 is 1.04 bits per heavy atom. The van der Waals surface area contributed by atoms with Crippen LogP contribution in [0.25, 0.3) is 0 Å². The van der Waals surface area contributed by atoms with Gasteiger partial charge in [-0.2, -0.15) is 0 Å². The zero-order valence-electron chi connectivity index (χ0n) is 13.9. The number of allylic oxidation sites excluding steroid dienone is 11. The van der Waals surface area contributed by atoms with Gasteiger partial charge in [0.05, 0.1) is 6.67 Å². The summed E-state index contributed by atoms with van der Waals surface area (Å²) in [7, 11) is 1.98. The summed E-state index contributed by atoms with van der Waals surface area (Å²) in [6.45, 7) is 0.814. The Balaban J connectivity index is 1.96. The van der Waals surface area contributed by atoms with Crippen LogP contribution < -0.4 is 10.6 Å². The predicted octanol–water partition coefficient (Wildman–Crippen LogP) is 4.54. The minimum atomic E-state index is 0.814. The van der Waals surface area contributed by atoms with Crippen molar-refractivity contribution in [2.45, 2.75) is 38.5 Å². The molecule has 2 nitrogen and oxygen atoms in total. The Morgan fingerprint density at radius 2 is 1.91 bits per heavy atom. The van der Waals surface area contributed by atoms with Crippen molar-refractivity contribution < 1.29 is 0 Å². The Kier molecular flexibility index (Phi) is 5.63. The Morgan fingerprint density at radius 3 is 2.65 bits per heavy atom. The van der Waals surface area contributed by atoms with Crippen LogP contribution in [0.4, 0.5) is 0 Å². The lowest BCUT2D eigenvalue weighted by molar-refractivity contribution is 0.664. The highest BCUT2D eigenvalue weighted by Crippen LogP contribution is 2.37. The summed E-state index contributed by atoms with van der Waals surface area (Å²) in [5.74, 6) is 0. The highest BCUT2D eigenvalue weighted by atomic mass is 32.1. The summed E-state index contributed by atoms with van der Waals surface area (Å²) in [6.07, 6.45) is 20.2. The molecule has 3 aliphatic rings. The molecule has 2 N–H and O–H groups in total. The largest absolute Gasteiger partial charge is 0.375 e. The van der Waals surface area contributed by atoms with Crippen LogP contribution in [0.2, 0.25) is 0 Å². The van der Waals surface area contributed by atoms with Gasteiger partial charge in [0.2, 0.25) is 0 Å². The van der Waals surface area contributed by atoms with Gasteiger partial charge in [0.1, 0.15) is 0 Å². The number of rotatable bonds is 5. The summed E-state index contributed by atoms with van der Waals surface area (Å²) >= 11 is 4.69. The SMILES string of the molecule is CNCNC1=C(C2=CC=CCC2)C=C(C2=C(S)C=CCC2)CC1. The van der Waals surface area contributed by atoms with E-state index in [9.17, 15) is 0 Å². The monoisotopic (exact) mass is 326 g/mol. The minimum absolute atomic E-state index is 0.814. The smallest absolute Gasteiger partial charge is 0.0648 e. The lowest BCUT2D eigenvalue weighted by Crippen LogP contribution is -2.27. The zero-order chi connectivity index (χ0) is 16.1. The summed E-state index contributed by atoms with van der Waals surface area (Å²) < 4.78 is 0. The van der Waals surface area contributed by atoms with Gasteiger partial charge in [-0.3, -0.25) is 0 Å². The van der Waals surface area contributed by atoms with Crippen molar-refractivity contribution in [3.8, 4) is 0 Å². The Labute approximate surface area is 145 Å². The number of hydrogen-bond acceptors (Lipinski definition) is 3. The lowest BCUT2D eigenvalue weighted by atomic mass is 9.84. The summed E-state index contributed by atoms with van der Waals surface area (Å²) in [5, 5.41) is 6.75. The summed E-state index contributed by atoms with van der Waals surface area (Å²) in [4.78, 5) is 1.14. The molecule has 0 radical (unpaired) electrons. The van der Waals surface area contributed by atoms with Crippen LogP contribution in [0.1, 0.15) is 38.5 Å². The summed E-state index contributed by atoms with van der Waals surface area (Å²) in [6, 6.07) is 0. The van der Waals surface area contributed by atoms with E-state index in [4.69, 9.17) is 0 Å². The predicted molar refractivity (Wildman–Crippen MR) is 102 cm³/mol. The first-order valence-electron chi connectivity index (χ1n) is 8.57. The van der Waals surface area contributed by atoms with E-state index < -0.39 is 0 Å². The molecule has 0 fully saturated rings. The third-order valence-electron chi connectivity index (χ3n) is 4.66. The second-order valence-corrected chi connectivity index (χ2v) is 6.71. The fraction of sp³-hybridized carbons (Fsp3) is 0.400. The molecule has 0 saturated carbocycles. The highest BCUT2D eigenvalue weighted by molar-refractivity contribution is 7.84. The Bertz CT molecular complexity index is 645. The van der Waals surface area contributed by atoms with Crippen LogP contribution in [0.3, 0.4) is 0 Å². The van der Waals surface area contributed by atoms with Crippen LogP contribution in [-0.4, -0.2) is 13.7 Å². The molecule has 0 saturated heterocycles. The van der Waals surface area contributed by atoms with E-state index in [1.54, 1.807) is 0 Å². The van der Waals surface area contributed by atoms with Crippen molar-refractivity contribution in [2.24, 2.45) is 0 Å². The van der Waals surface area contributed by atoms with Crippen molar-refractivity contribution >= 4 is 12.6 Å². The second kappa shape index (κ2) is 7.89. The third-order valence-corrected chi connectivity index (χ3v) is 5.08. The average molecular weight is 327 g/mol. The van der Waals surface area contributed by atoms with E-state index >= 15 is 0 Å². The van der Waals surface area contributed by atoms with Crippen LogP contribution in [0, 0.1) is 0 Å². The lowest BCUT2D eigenvalue weighted by Gasteiger charge is -2.26. The molecule has 122 valence electrons. The van der Waals surface area contributed by atoms with Gasteiger partial charge in [0, 0.05) is 10.6 Å². The minimum Gasteiger partial charge on any atom is -0.375 e. The fourth-order valence-electron chi connectivity index (χ4n) is 3.43. The molecule has 0 amide bonds. The third kappa shape index (κ3) is 3.91. The first kappa shape index (κ1) is 16.4. The van der Waals surface area contributed by atoms with Gasteiger partial charge >= 0.3 is 0 Å². The van der Waals surface area contributed by atoms with Crippen molar-refractivity contribution in [1.82, 2.24) is 10.6 Å². The molecule has 0 atom stereocenters. The molecule has 0 bridgehead atoms. The normalized spacial score (nSPS) is 21.5. The van der Waals surface area contributed by atoms with E-state index in [0.29, 0.717) is 0 Å². The maximum Gasteiger partial charge on any atom is 0.0648 e. The van der Waals surface area contributed by atoms with Gasteiger partial charge in [0.15, 0.2) is 0 Å². The van der Waals surface area contributed by atoms with E-state index in [-0.39, 0.29) is 0 Å².